The normalized spacial score (nSPS) is 16.4. The first-order chi connectivity index (χ1) is 12.6. The van der Waals surface area contributed by atoms with Crippen molar-refractivity contribution < 1.29 is 14.4 Å². The minimum absolute atomic E-state index is 0.0544. The summed E-state index contributed by atoms with van der Waals surface area (Å²) in [5.41, 5.74) is 1.27. The molecule has 0 spiro atoms. The van der Waals surface area contributed by atoms with Crippen molar-refractivity contribution in [3.8, 4) is 0 Å². The van der Waals surface area contributed by atoms with Crippen LogP contribution in [0.2, 0.25) is 0 Å². The van der Waals surface area contributed by atoms with Gasteiger partial charge in [0.15, 0.2) is 0 Å². The molecule has 0 aliphatic carbocycles. The minimum Gasteiger partial charge on any atom is -0.354 e. The molecule has 7 heteroatoms. The average molecular weight is 352 g/mol. The molecule has 1 aliphatic heterocycles. The Bertz CT molecular complexity index is 780. The fourth-order valence-electron chi connectivity index (χ4n) is 2.85. The summed E-state index contributed by atoms with van der Waals surface area (Å²) >= 11 is 0. The Hall–Kier alpha value is -3.22. The van der Waals surface area contributed by atoms with E-state index in [-0.39, 0.29) is 30.1 Å². The molecule has 3 rings (SSSR count). The van der Waals surface area contributed by atoms with Crippen molar-refractivity contribution >= 4 is 23.4 Å². The number of amides is 3. The van der Waals surface area contributed by atoms with E-state index in [1.807, 2.05) is 30.3 Å². The van der Waals surface area contributed by atoms with Crippen molar-refractivity contribution in [1.82, 2.24) is 15.6 Å². The molecule has 2 aromatic rings. The van der Waals surface area contributed by atoms with E-state index < -0.39 is 0 Å². The molecule has 0 radical (unpaired) electrons. The first-order valence-corrected chi connectivity index (χ1v) is 8.46. The summed E-state index contributed by atoms with van der Waals surface area (Å²) in [6.45, 7) is 0.986. The predicted octanol–water partition coefficient (Wildman–Crippen LogP) is 0.981. The fraction of sp³-hybridized carbons (Fsp3) is 0.263. The molecule has 1 atom stereocenters. The maximum atomic E-state index is 12.3. The zero-order valence-corrected chi connectivity index (χ0v) is 14.2. The van der Waals surface area contributed by atoms with E-state index in [2.05, 4.69) is 15.6 Å². The molecule has 134 valence electrons. The summed E-state index contributed by atoms with van der Waals surface area (Å²) < 4.78 is 0. The van der Waals surface area contributed by atoms with Crippen molar-refractivity contribution in [3.05, 3.63) is 60.4 Å². The molecule has 1 aliphatic rings. The van der Waals surface area contributed by atoms with Gasteiger partial charge in [-0.25, -0.2) is 0 Å². The van der Waals surface area contributed by atoms with Gasteiger partial charge in [0.2, 0.25) is 11.8 Å². The van der Waals surface area contributed by atoms with E-state index in [1.54, 1.807) is 23.2 Å². The van der Waals surface area contributed by atoms with Gasteiger partial charge in [-0.3, -0.25) is 19.4 Å². The van der Waals surface area contributed by atoms with Crippen molar-refractivity contribution in [3.63, 3.8) is 0 Å². The summed E-state index contributed by atoms with van der Waals surface area (Å²) in [6, 6.07) is 12.7. The van der Waals surface area contributed by atoms with E-state index in [4.69, 9.17) is 0 Å². The summed E-state index contributed by atoms with van der Waals surface area (Å²) in [5, 5.41) is 5.49. The second-order valence-electron chi connectivity index (χ2n) is 6.03. The van der Waals surface area contributed by atoms with Crippen LogP contribution in [-0.4, -0.2) is 42.3 Å². The molecule has 1 saturated heterocycles. The summed E-state index contributed by atoms with van der Waals surface area (Å²) in [5.74, 6) is -0.844. The molecule has 1 unspecified atom stereocenters. The number of nitrogens with one attached hydrogen (secondary N) is 2. The standard InChI is InChI=1S/C19H20N4O3/c24-17-11-15(13-23(17)16-6-2-1-3-7-16)19(26)22-10-9-21-18(25)14-5-4-8-20-12-14/h1-8,12,15H,9-11,13H2,(H,21,25)(H,22,26). The number of hydrogen-bond acceptors (Lipinski definition) is 4. The smallest absolute Gasteiger partial charge is 0.252 e. The SMILES string of the molecule is O=C(NCCNC(=O)C1CC(=O)N(c2ccccc2)C1)c1cccnc1. The zero-order chi connectivity index (χ0) is 18.4. The highest BCUT2D eigenvalue weighted by molar-refractivity contribution is 6.00. The first kappa shape index (κ1) is 17.6. The molecule has 2 heterocycles. The number of pyridine rings is 1. The first-order valence-electron chi connectivity index (χ1n) is 8.46. The number of aromatic nitrogens is 1. The maximum absolute atomic E-state index is 12.3. The molecular formula is C19H20N4O3. The average Bonchev–Trinajstić information content (AvgIpc) is 3.08. The van der Waals surface area contributed by atoms with E-state index in [0.29, 0.717) is 25.2 Å². The van der Waals surface area contributed by atoms with Gasteiger partial charge < -0.3 is 15.5 Å². The van der Waals surface area contributed by atoms with Crippen LogP contribution in [0, 0.1) is 5.92 Å². The molecule has 0 saturated carbocycles. The minimum atomic E-state index is -0.378. The van der Waals surface area contributed by atoms with Gasteiger partial charge in [-0.1, -0.05) is 18.2 Å². The quantitative estimate of drug-likeness (QED) is 0.758. The van der Waals surface area contributed by atoms with Crippen molar-refractivity contribution in [1.29, 1.82) is 0 Å². The van der Waals surface area contributed by atoms with Crippen LogP contribution in [0.3, 0.4) is 0 Å². The second kappa shape index (κ2) is 8.24. The molecule has 2 N–H and O–H groups in total. The Kier molecular flexibility index (Phi) is 5.58. The number of nitrogens with zero attached hydrogens (tertiary/aromatic N) is 2. The highest BCUT2D eigenvalue weighted by atomic mass is 16.2. The van der Waals surface area contributed by atoms with Crippen molar-refractivity contribution in [2.45, 2.75) is 6.42 Å². The van der Waals surface area contributed by atoms with E-state index in [1.165, 1.54) is 6.20 Å². The van der Waals surface area contributed by atoms with Gasteiger partial charge in [0.1, 0.15) is 0 Å². The lowest BCUT2D eigenvalue weighted by atomic mass is 10.1. The topological polar surface area (TPSA) is 91.4 Å². The lowest BCUT2D eigenvalue weighted by Crippen LogP contribution is -2.38. The Morgan fingerprint density at radius 2 is 1.85 bits per heavy atom. The summed E-state index contributed by atoms with van der Waals surface area (Å²) in [7, 11) is 0. The van der Waals surface area contributed by atoms with Gasteiger partial charge in [-0.2, -0.15) is 0 Å². The Morgan fingerprint density at radius 1 is 1.08 bits per heavy atom. The molecule has 1 aromatic carbocycles. The molecule has 26 heavy (non-hydrogen) atoms. The number of carbonyl (C=O) groups is 3. The van der Waals surface area contributed by atoms with Crippen molar-refractivity contribution in [2.24, 2.45) is 5.92 Å². The highest BCUT2D eigenvalue weighted by Gasteiger charge is 2.34. The van der Waals surface area contributed by atoms with Crippen LogP contribution in [0.4, 0.5) is 5.69 Å². The van der Waals surface area contributed by atoms with E-state index in [0.717, 1.165) is 5.69 Å². The van der Waals surface area contributed by atoms with Crippen LogP contribution < -0.4 is 15.5 Å². The number of carbonyl (C=O) groups excluding carboxylic acids is 3. The highest BCUT2D eigenvalue weighted by Crippen LogP contribution is 2.24. The molecule has 3 amide bonds. The largest absolute Gasteiger partial charge is 0.354 e. The maximum Gasteiger partial charge on any atom is 0.252 e. The third kappa shape index (κ3) is 4.24. The monoisotopic (exact) mass is 352 g/mol. The number of benzene rings is 1. The van der Waals surface area contributed by atoms with Gasteiger partial charge in [0, 0.05) is 44.1 Å². The zero-order valence-electron chi connectivity index (χ0n) is 14.2. The molecule has 1 fully saturated rings. The van der Waals surface area contributed by atoms with Crippen LogP contribution >= 0.6 is 0 Å². The summed E-state index contributed by atoms with van der Waals surface area (Å²) in [4.78, 5) is 41.8. The lowest BCUT2D eigenvalue weighted by molar-refractivity contribution is -0.126. The number of para-hydroxylation sites is 1. The predicted molar refractivity (Wildman–Crippen MR) is 96.5 cm³/mol. The van der Waals surface area contributed by atoms with E-state index in [9.17, 15) is 14.4 Å². The van der Waals surface area contributed by atoms with Gasteiger partial charge in [-0.15, -0.1) is 0 Å². The van der Waals surface area contributed by atoms with Gasteiger partial charge in [-0.05, 0) is 24.3 Å². The molecule has 1 aromatic heterocycles. The molecule has 7 nitrogen and oxygen atoms in total. The Labute approximate surface area is 151 Å². The number of anilines is 1. The third-order valence-electron chi connectivity index (χ3n) is 4.20. The number of hydrogen-bond donors (Lipinski definition) is 2. The van der Waals surface area contributed by atoms with Crippen molar-refractivity contribution in [2.75, 3.05) is 24.5 Å². The number of rotatable bonds is 6. The Morgan fingerprint density at radius 3 is 2.58 bits per heavy atom. The summed E-state index contributed by atoms with van der Waals surface area (Å²) in [6.07, 6.45) is 3.28. The van der Waals surface area contributed by atoms with Crippen LogP contribution in [0.15, 0.2) is 54.9 Å². The van der Waals surface area contributed by atoms with Crippen LogP contribution in [0.25, 0.3) is 0 Å². The Balaban J connectivity index is 1.43. The van der Waals surface area contributed by atoms with Gasteiger partial charge in [0.25, 0.3) is 5.91 Å². The van der Waals surface area contributed by atoms with Crippen LogP contribution in [0.5, 0.6) is 0 Å². The van der Waals surface area contributed by atoms with Crippen LogP contribution in [0.1, 0.15) is 16.8 Å². The van der Waals surface area contributed by atoms with Gasteiger partial charge in [0.05, 0.1) is 11.5 Å². The molecule has 0 bridgehead atoms. The van der Waals surface area contributed by atoms with E-state index >= 15 is 0 Å². The second-order valence-corrected chi connectivity index (χ2v) is 6.03. The fourth-order valence-corrected chi connectivity index (χ4v) is 2.85. The van der Waals surface area contributed by atoms with Crippen LogP contribution in [-0.2, 0) is 9.59 Å². The van der Waals surface area contributed by atoms with Gasteiger partial charge >= 0.3 is 0 Å². The third-order valence-corrected chi connectivity index (χ3v) is 4.20. The lowest BCUT2D eigenvalue weighted by Gasteiger charge is -2.16. The molecular weight excluding hydrogens is 332 g/mol.